The highest BCUT2D eigenvalue weighted by Gasteiger charge is 2.36. The van der Waals surface area contributed by atoms with E-state index < -0.39 is 17.5 Å². The summed E-state index contributed by atoms with van der Waals surface area (Å²) in [6, 6.07) is 2.66. The zero-order valence-corrected chi connectivity index (χ0v) is 10.3. The number of hydrogen-bond donors (Lipinski definition) is 2. The maximum atomic E-state index is 12.0. The largest absolute Gasteiger partial charge is 0.481 e. The van der Waals surface area contributed by atoms with Gasteiger partial charge in [-0.25, -0.2) is 9.78 Å². The number of Topliss-reactive ketones (excluding diaryl/α,β-unsaturated/α-hetero) is 2. The number of ketones is 2. The Morgan fingerprint density at radius 1 is 1.35 bits per heavy atom. The van der Waals surface area contributed by atoms with Gasteiger partial charge in [0.05, 0.1) is 23.9 Å². The number of aromatic carboxylic acids is 1. The van der Waals surface area contributed by atoms with Crippen LogP contribution in [0, 0.1) is 0 Å². The van der Waals surface area contributed by atoms with Gasteiger partial charge in [0.15, 0.2) is 0 Å². The number of carboxylic acid groups (broad SMARTS) is 1. The molecular weight excluding hydrogens is 264 g/mol. The molecule has 0 amide bonds. The molecule has 2 N–H and O–H groups in total. The summed E-state index contributed by atoms with van der Waals surface area (Å²) >= 11 is 0. The highest BCUT2D eigenvalue weighted by molar-refractivity contribution is 6.52. The van der Waals surface area contributed by atoms with Gasteiger partial charge < -0.3 is 14.8 Å². The number of carboxylic acids is 1. The highest BCUT2D eigenvalue weighted by atomic mass is 16.5. The Morgan fingerprint density at radius 3 is 2.75 bits per heavy atom. The predicted molar refractivity (Wildman–Crippen MR) is 66.2 cm³/mol. The van der Waals surface area contributed by atoms with Crippen LogP contribution in [-0.4, -0.2) is 39.7 Å². The van der Waals surface area contributed by atoms with E-state index in [1.54, 1.807) is 0 Å². The van der Waals surface area contributed by atoms with Gasteiger partial charge in [-0.2, -0.15) is 0 Å². The predicted octanol–water partition coefficient (Wildman–Crippen LogP) is 1.16. The second kappa shape index (κ2) is 4.02. The van der Waals surface area contributed by atoms with Crippen LogP contribution in [0.4, 0.5) is 0 Å². The smallest absolute Gasteiger partial charge is 0.336 e. The summed E-state index contributed by atoms with van der Waals surface area (Å²) in [6.07, 6.45) is 1.47. The molecule has 0 aliphatic heterocycles. The molecular formula is C13H8N2O5. The van der Waals surface area contributed by atoms with E-state index in [1.165, 1.54) is 25.4 Å². The molecule has 0 bridgehead atoms. The Hall–Kier alpha value is -2.96. The standard InChI is InChI=1S/C13H8N2O5/c1-20-7-4-6(13(18)19)8-9-5(2-3-14-9)11(16)12(17)10(8)15-7/h2-4,14H,1H3,(H,18,19). The van der Waals surface area contributed by atoms with E-state index in [1.807, 2.05) is 0 Å². The molecule has 0 spiro atoms. The number of nitrogens with zero attached hydrogens (tertiary/aromatic N) is 1. The zero-order chi connectivity index (χ0) is 14.4. The second-order valence-electron chi connectivity index (χ2n) is 4.17. The monoisotopic (exact) mass is 272 g/mol. The fourth-order valence-electron chi connectivity index (χ4n) is 2.21. The summed E-state index contributed by atoms with van der Waals surface area (Å²) in [7, 11) is 1.30. The first-order valence-electron chi connectivity index (χ1n) is 5.63. The highest BCUT2D eigenvalue weighted by Crippen LogP contribution is 2.35. The van der Waals surface area contributed by atoms with Crippen LogP contribution >= 0.6 is 0 Å². The van der Waals surface area contributed by atoms with Crippen LogP contribution in [0.5, 0.6) is 5.88 Å². The van der Waals surface area contributed by atoms with Gasteiger partial charge in [-0.05, 0) is 6.07 Å². The van der Waals surface area contributed by atoms with Crippen molar-refractivity contribution >= 4 is 17.5 Å². The fraction of sp³-hybridized carbons (Fsp3) is 0.0769. The molecule has 0 saturated carbocycles. The first-order valence-corrected chi connectivity index (χ1v) is 5.63. The first kappa shape index (κ1) is 12.1. The van der Waals surface area contributed by atoms with Gasteiger partial charge in [-0.1, -0.05) is 0 Å². The number of nitrogens with one attached hydrogen (secondary N) is 1. The van der Waals surface area contributed by atoms with Crippen LogP contribution in [0.3, 0.4) is 0 Å². The molecule has 2 aromatic heterocycles. The lowest BCUT2D eigenvalue weighted by Crippen LogP contribution is -2.24. The molecule has 1 aliphatic rings. The summed E-state index contributed by atoms with van der Waals surface area (Å²) in [6.45, 7) is 0. The number of carbonyl (C=O) groups is 3. The Kier molecular flexibility index (Phi) is 2.43. The number of aromatic nitrogens is 2. The maximum Gasteiger partial charge on any atom is 0.336 e. The van der Waals surface area contributed by atoms with Crippen LogP contribution < -0.4 is 4.74 Å². The lowest BCUT2D eigenvalue weighted by molar-refractivity contribution is 0.0696. The number of H-pyrrole nitrogens is 1. The number of carbonyl (C=O) groups excluding carboxylic acids is 2. The molecule has 1 aliphatic carbocycles. The summed E-state index contributed by atoms with van der Waals surface area (Å²) < 4.78 is 4.88. The molecule has 2 heterocycles. The quantitative estimate of drug-likeness (QED) is 0.794. The van der Waals surface area contributed by atoms with Crippen LogP contribution in [0.25, 0.3) is 11.3 Å². The molecule has 0 fully saturated rings. The number of fused-ring (bicyclic) bond motifs is 3. The average molecular weight is 272 g/mol. The minimum absolute atomic E-state index is 0.0303. The molecule has 7 heteroatoms. The third kappa shape index (κ3) is 1.46. The Labute approximate surface area is 112 Å². The number of ether oxygens (including phenoxy) is 1. The molecule has 2 aromatic rings. The molecule has 0 saturated heterocycles. The van der Waals surface area contributed by atoms with Gasteiger partial charge in [-0.3, -0.25) is 9.59 Å². The molecule has 3 rings (SSSR count). The van der Waals surface area contributed by atoms with E-state index in [2.05, 4.69) is 9.97 Å². The SMILES string of the molecule is COc1cc(C(=O)O)c2c(n1)C(=O)C(=O)c1cc[nH]c1-2. The summed E-state index contributed by atoms with van der Waals surface area (Å²) in [5, 5.41) is 9.28. The summed E-state index contributed by atoms with van der Waals surface area (Å²) in [4.78, 5) is 42.0. The van der Waals surface area contributed by atoms with Crippen LogP contribution in [-0.2, 0) is 0 Å². The van der Waals surface area contributed by atoms with E-state index in [4.69, 9.17) is 4.74 Å². The van der Waals surface area contributed by atoms with E-state index in [-0.39, 0.29) is 34.0 Å². The zero-order valence-electron chi connectivity index (χ0n) is 10.3. The second-order valence-corrected chi connectivity index (χ2v) is 4.17. The number of aromatic amines is 1. The van der Waals surface area contributed by atoms with Crippen molar-refractivity contribution < 1.29 is 24.2 Å². The molecule has 20 heavy (non-hydrogen) atoms. The van der Waals surface area contributed by atoms with Gasteiger partial charge in [0.1, 0.15) is 5.69 Å². The van der Waals surface area contributed by atoms with Crippen molar-refractivity contribution in [3.8, 4) is 17.1 Å². The number of hydrogen-bond acceptors (Lipinski definition) is 5. The van der Waals surface area contributed by atoms with Crippen LogP contribution in [0.15, 0.2) is 18.3 Å². The summed E-state index contributed by atoms with van der Waals surface area (Å²) in [5.74, 6) is -2.82. The molecule has 0 atom stereocenters. The van der Waals surface area contributed by atoms with Crippen molar-refractivity contribution in [3.63, 3.8) is 0 Å². The van der Waals surface area contributed by atoms with Crippen molar-refractivity contribution in [1.29, 1.82) is 0 Å². The Balaban J connectivity index is 2.43. The van der Waals surface area contributed by atoms with Gasteiger partial charge >= 0.3 is 5.97 Å². The maximum absolute atomic E-state index is 12.0. The molecule has 100 valence electrons. The molecule has 0 aromatic carbocycles. The third-order valence-electron chi connectivity index (χ3n) is 3.10. The van der Waals surface area contributed by atoms with Crippen molar-refractivity contribution in [2.45, 2.75) is 0 Å². The topological polar surface area (TPSA) is 109 Å². The average Bonchev–Trinajstić information content (AvgIpc) is 2.92. The number of pyridine rings is 1. The number of rotatable bonds is 2. The molecule has 0 unspecified atom stereocenters. The van der Waals surface area contributed by atoms with E-state index in [0.29, 0.717) is 0 Å². The Bertz CT molecular complexity index is 775. The number of methoxy groups -OCH3 is 1. The van der Waals surface area contributed by atoms with E-state index in [0.717, 1.165) is 0 Å². The lowest BCUT2D eigenvalue weighted by Gasteiger charge is -2.16. The van der Waals surface area contributed by atoms with Crippen molar-refractivity contribution in [3.05, 3.63) is 35.2 Å². The van der Waals surface area contributed by atoms with Gasteiger partial charge in [0.2, 0.25) is 11.7 Å². The van der Waals surface area contributed by atoms with Crippen molar-refractivity contribution in [2.24, 2.45) is 0 Å². The molecule has 0 radical (unpaired) electrons. The van der Waals surface area contributed by atoms with Crippen molar-refractivity contribution in [1.82, 2.24) is 9.97 Å². The van der Waals surface area contributed by atoms with Gasteiger partial charge in [0, 0.05) is 17.8 Å². The lowest BCUT2D eigenvalue weighted by atomic mass is 9.89. The fourth-order valence-corrected chi connectivity index (χ4v) is 2.21. The minimum Gasteiger partial charge on any atom is -0.481 e. The van der Waals surface area contributed by atoms with Crippen LogP contribution in [0.1, 0.15) is 31.2 Å². The van der Waals surface area contributed by atoms with E-state index in [9.17, 15) is 19.5 Å². The Morgan fingerprint density at radius 2 is 2.10 bits per heavy atom. The van der Waals surface area contributed by atoms with E-state index >= 15 is 0 Å². The van der Waals surface area contributed by atoms with Crippen molar-refractivity contribution in [2.75, 3.05) is 7.11 Å². The normalized spacial score (nSPS) is 12.8. The van der Waals surface area contributed by atoms with Gasteiger partial charge in [-0.15, -0.1) is 0 Å². The third-order valence-corrected chi connectivity index (χ3v) is 3.10. The van der Waals surface area contributed by atoms with Gasteiger partial charge in [0.25, 0.3) is 5.78 Å². The molecule has 7 nitrogen and oxygen atoms in total. The first-order chi connectivity index (χ1) is 9.54. The van der Waals surface area contributed by atoms with Crippen LogP contribution in [0.2, 0.25) is 0 Å². The minimum atomic E-state index is -1.23. The summed E-state index contributed by atoms with van der Waals surface area (Å²) in [5.41, 5.74) is 0.204.